The largest absolute Gasteiger partial charge is 0.341 e. The van der Waals surface area contributed by atoms with E-state index in [0.717, 1.165) is 12.1 Å². The number of aromatic nitrogens is 2. The number of hydrogen-bond acceptors (Lipinski definition) is 6. The highest BCUT2D eigenvalue weighted by Crippen LogP contribution is 2.31. The van der Waals surface area contributed by atoms with E-state index in [1.54, 1.807) is 42.5 Å². The number of sulfonamides is 2. The molecular formula is C25H22ClFN4O5S2. The summed E-state index contributed by atoms with van der Waals surface area (Å²) in [4.78, 5) is 19.0. The summed E-state index contributed by atoms with van der Waals surface area (Å²) in [6.45, 7) is 1.49. The normalized spacial score (nSPS) is 18.0. The molecule has 1 aromatic heterocycles. The summed E-state index contributed by atoms with van der Waals surface area (Å²) in [5.41, 5.74) is 2.66. The van der Waals surface area contributed by atoms with E-state index in [1.165, 1.54) is 6.92 Å². The van der Waals surface area contributed by atoms with Crippen molar-refractivity contribution >= 4 is 48.6 Å². The number of benzene rings is 3. The fourth-order valence-corrected chi connectivity index (χ4v) is 7.60. The van der Waals surface area contributed by atoms with Gasteiger partial charge in [0.1, 0.15) is 16.9 Å². The standard InChI is InChI=1S/C25H22ClFN4O5S2/c1-14-18(26)11-17(27)12-22(14)37(33,34)30-21(25-28-19-4-2-3-5-20(19)29-25)10-15-6-8-16(9-7-15)23-13-24(32)31-38(23,35)36/h2-9,11-12,21,23,30H,10,13H2,1H3,(H,28,29)(H,31,32)/t21-,23?/m0/s1. The maximum absolute atomic E-state index is 14.1. The molecule has 0 bridgehead atoms. The van der Waals surface area contributed by atoms with Crippen molar-refractivity contribution in [3.8, 4) is 0 Å². The number of fused-ring (bicyclic) bond motifs is 1. The summed E-state index contributed by atoms with van der Waals surface area (Å²) in [5.74, 6) is -1.01. The van der Waals surface area contributed by atoms with Gasteiger partial charge < -0.3 is 4.98 Å². The lowest BCUT2D eigenvalue weighted by Gasteiger charge is -2.19. The molecular weight excluding hydrogens is 555 g/mol. The van der Waals surface area contributed by atoms with Gasteiger partial charge in [0.2, 0.25) is 26.0 Å². The molecule has 3 aromatic carbocycles. The molecule has 1 aliphatic heterocycles. The lowest BCUT2D eigenvalue weighted by molar-refractivity contribution is -0.118. The fourth-order valence-electron chi connectivity index (χ4n) is 4.43. The van der Waals surface area contributed by atoms with Crippen LogP contribution >= 0.6 is 11.6 Å². The van der Waals surface area contributed by atoms with E-state index in [1.807, 2.05) is 10.8 Å². The number of hydrogen-bond donors (Lipinski definition) is 3. The van der Waals surface area contributed by atoms with Crippen molar-refractivity contribution in [2.45, 2.75) is 36.0 Å². The predicted octanol–water partition coefficient (Wildman–Crippen LogP) is 3.82. The second kappa shape index (κ2) is 9.77. The average molecular weight is 577 g/mol. The Morgan fingerprint density at radius 2 is 1.87 bits per heavy atom. The lowest BCUT2D eigenvalue weighted by Crippen LogP contribution is -2.31. The van der Waals surface area contributed by atoms with E-state index in [-0.39, 0.29) is 28.3 Å². The van der Waals surface area contributed by atoms with Crippen LogP contribution < -0.4 is 9.44 Å². The molecule has 5 rings (SSSR count). The molecule has 1 saturated heterocycles. The Labute approximate surface area is 223 Å². The van der Waals surface area contributed by atoms with Crippen LogP contribution in [0.15, 0.2) is 65.6 Å². The van der Waals surface area contributed by atoms with E-state index in [4.69, 9.17) is 11.6 Å². The quantitative estimate of drug-likeness (QED) is 0.306. The molecule has 1 aliphatic rings. The van der Waals surface area contributed by atoms with Gasteiger partial charge in [-0.1, -0.05) is 48.0 Å². The summed E-state index contributed by atoms with van der Waals surface area (Å²) >= 11 is 6.04. The molecule has 1 fully saturated rings. The van der Waals surface area contributed by atoms with Gasteiger partial charge in [0.05, 0.1) is 28.4 Å². The highest BCUT2D eigenvalue weighted by molar-refractivity contribution is 7.90. The van der Waals surface area contributed by atoms with Crippen LogP contribution in [0.4, 0.5) is 4.39 Å². The summed E-state index contributed by atoms with van der Waals surface area (Å²) in [5, 5.41) is -1.01. The highest BCUT2D eigenvalue weighted by Gasteiger charge is 2.37. The Bertz CT molecular complexity index is 1740. The van der Waals surface area contributed by atoms with Gasteiger partial charge in [0.15, 0.2) is 0 Å². The van der Waals surface area contributed by atoms with Crippen molar-refractivity contribution in [2.24, 2.45) is 0 Å². The number of halogens is 2. The summed E-state index contributed by atoms with van der Waals surface area (Å²) in [7, 11) is -8.04. The minimum absolute atomic E-state index is 0.0175. The Balaban J connectivity index is 1.49. The maximum atomic E-state index is 14.1. The van der Waals surface area contributed by atoms with Gasteiger partial charge in [0.25, 0.3) is 0 Å². The van der Waals surface area contributed by atoms with Crippen molar-refractivity contribution in [2.75, 3.05) is 0 Å². The van der Waals surface area contributed by atoms with Gasteiger partial charge in [-0.25, -0.2) is 30.9 Å². The number of amides is 1. The van der Waals surface area contributed by atoms with Gasteiger partial charge >= 0.3 is 0 Å². The molecule has 13 heteroatoms. The number of carbonyl (C=O) groups is 1. The number of nitrogens with one attached hydrogen (secondary N) is 3. The van der Waals surface area contributed by atoms with Gasteiger partial charge in [-0.3, -0.25) is 9.52 Å². The molecule has 0 spiro atoms. The van der Waals surface area contributed by atoms with Gasteiger partial charge in [-0.05, 0) is 54.3 Å². The Hall–Kier alpha value is -3.32. The first-order chi connectivity index (χ1) is 17.9. The van der Waals surface area contributed by atoms with E-state index in [0.29, 0.717) is 28.0 Å². The molecule has 0 radical (unpaired) electrons. The predicted molar refractivity (Wildman–Crippen MR) is 140 cm³/mol. The van der Waals surface area contributed by atoms with Gasteiger partial charge in [-0.2, -0.15) is 0 Å². The molecule has 9 nitrogen and oxygen atoms in total. The Kier molecular flexibility index (Phi) is 6.76. The van der Waals surface area contributed by atoms with E-state index in [9.17, 15) is 26.0 Å². The SMILES string of the molecule is Cc1c(Cl)cc(F)cc1S(=O)(=O)N[C@@H](Cc1ccc(C2CC(=O)NS2(=O)=O)cc1)c1nc2ccccc2[nH]1. The maximum Gasteiger partial charge on any atom is 0.242 e. The number of imidazole rings is 1. The average Bonchev–Trinajstić information content (AvgIpc) is 3.40. The highest BCUT2D eigenvalue weighted by atomic mass is 35.5. The third kappa shape index (κ3) is 5.17. The van der Waals surface area contributed by atoms with Crippen LogP contribution in [0, 0.1) is 12.7 Å². The molecule has 1 unspecified atom stereocenters. The first kappa shape index (κ1) is 26.3. The number of H-pyrrole nitrogens is 1. The molecule has 2 atom stereocenters. The third-order valence-corrected chi connectivity index (χ3v) is 10.1. The molecule has 0 saturated carbocycles. The summed E-state index contributed by atoms with van der Waals surface area (Å²) in [6, 6.07) is 14.8. The molecule has 0 aliphatic carbocycles. The number of para-hydroxylation sites is 2. The molecule has 38 heavy (non-hydrogen) atoms. The Morgan fingerprint density at radius 1 is 1.16 bits per heavy atom. The molecule has 4 aromatic rings. The monoisotopic (exact) mass is 576 g/mol. The summed E-state index contributed by atoms with van der Waals surface area (Å²) < 4.78 is 69.9. The second-order valence-corrected chi connectivity index (χ2v) is 13.0. The molecule has 198 valence electrons. The first-order valence-electron chi connectivity index (χ1n) is 11.5. The van der Waals surface area contributed by atoms with Crippen LogP contribution in [0.3, 0.4) is 0 Å². The van der Waals surface area contributed by atoms with Crippen LogP contribution in [-0.2, 0) is 31.3 Å². The third-order valence-electron chi connectivity index (χ3n) is 6.38. The zero-order valence-electron chi connectivity index (χ0n) is 19.9. The van der Waals surface area contributed by atoms with Crippen LogP contribution in [-0.4, -0.2) is 32.7 Å². The van der Waals surface area contributed by atoms with Crippen molar-refractivity contribution in [3.63, 3.8) is 0 Å². The van der Waals surface area contributed by atoms with Crippen molar-refractivity contribution in [1.29, 1.82) is 0 Å². The van der Waals surface area contributed by atoms with E-state index >= 15 is 0 Å². The molecule has 1 amide bonds. The molecule has 2 heterocycles. The number of carbonyl (C=O) groups excluding carboxylic acids is 1. The van der Waals surface area contributed by atoms with Crippen LogP contribution in [0.2, 0.25) is 5.02 Å². The first-order valence-corrected chi connectivity index (χ1v) is 14.9. The number of rotatable bonds is 7. The lowest BCUT2D eigenvalue weighted by atomic mass is 10.0. The van der Waals surface area contributed by atoms with Crippen molar-refractivity contribution in [3.05, 3.63) is 94.0 Å². The van der Waals surface area contributed by atoms with Crippen LogP contribution in [0.5, 0.6) is 0 Å². The fraction of sp³-hybridized carbons (Fsp3) is 0.200. The van der Waals surface area contributed by atoms with Crippen molar-refractivity contribution in [1.82, 2.24) is 19.4 Å². The molecule has 3 N–H and O–H groups in total. The number of nitrogens with zero attached hydrogens (tertiary/aromatic N) is 1. The summed E-state index contributed by atoms with van der Waals surface area (Å²) in [6.07, 6.45) is -0.0331. The number of aromatic amines is 1. The van der Waals surface area contributed by atoms with E-state index in [2.05, 4.69) is 14.7 Å². The van der Waals surface area contributed by atoms with Crippen LogP contribution in [0.1, 0.15) is 40.2 Å². The topological polar surface area (TPSA) is 138 Å². The minimum atomic E-state index is -4.24. The zero-order valence-corrected chi connectivity index (χ0v) is 22.3. The Morgan fingerprint density at radius 3 is 2.53 bits per heavy atom. The van der Waals surface area contributed by atoms with Crippen LogP contribution in [0.25, 0.3) is 11.0 Å². The zero-order chi connectivity index (χ0) is 27.2. The smallest absolute Gasteiger partial charge is 0.242 e. The van der Waals surface area contributed by atoms with E-state index < -0.39 is 43.1 Å². The van der Waals surface area contributed by atoms with Gasteiger partial charge in [-0.15, -0.1) is 0 Å². The second-order valence-electron chi connectivity index (χ2n) is 9.03. The minimum Gasteiger partial charge on any atom is -0.341 e. The van der Waals surface area contributed by atoms with Crippen molar-refractivity contribution < 1.29 is 26.0 Å². The van der Waals surface area contributed by atoms with Gasteiger partial charge in [0, 0.05) is 5.02 Å².